The molecule has 4 aliphatic carbocycles. The van der Waals surface area contributed by atoms with Crippen molar-refractivity contribution in [2.45, 2.75) is 72.3 Å². The second-order valence-corrected chi connectivity index (χ2v) is 10.7. The van der Waals surface area contributed by atoms with Crippen LogP contribution < -0.4 is 5.32 Å². The molecular weight excluding hydrogens is 266 g/mol. The molecule has 0 radical (unpaired) electrons. The van der Waals surface area contributed by atoms with Gasteiger partial charge >= 0.3 is 0 Å². The fourth-order valence-electron chi connectivity index (χ4n) is 8.99. The van der Waals surface area contributed by atoms with Crippen LogP contribution in [0.25, 0.3) is 0 Å². The van der Waals surface area contributed by atoms with Gasteiger partial charge in [0.25, 0.3) is 0 Å². The van der Waals surface area contributed by atoms with Crippen LogP contribution in [0.1, 0.15) is 66.7 Å². The summed E-state index contributed by atoms with van der Waals surface area (Å²) >= 11 is 0. The van der Waals surface area contributed by atoms with Crippen molar-refractivity contribution in [3.8, 4) is 0 Å². The summed E-state index contributed by atoms with van der Waals surface area (Å²) in [6.45, 7) is 14.2. The standard InChI is InChI=1S/C21H35N/c1-12-7-21(22-11-12)10-17-18(21)19(17,5)20-8-14(3)16(9-20)13(2)6-15(20)4/h12-18,22H,6-11H2,1-5H3. The molecule has 124 valence electrons. The van der Waals surface area contributed by atoms with Crippen LogP contribution in [0, 0.1) is 52.3 Å². The molecule has 1 heterocycles. The van der Waals surface area contributed by atoms with E-state index in [9.17, 15) is 0 Å². The lowest BCUT2D eigenvalue weighted by molar-refractivity contribution is 0.0113. The molecule has 2 bridgehead atoms. The third-order valence-electron chi connectivity index (χ3n) is 9.89. The summed E-state index contributed by atoms with van der Waals surface area (Å²) in [5, 5.41) is 3.99. The van der Waals surface area contributed by atoms with Crippen molar-refractivity contribution >= 4 is 0 Å². The Bertz CT molecular complexity index is 514. The lowest BCUT2D eigenvalue weighted by Crippen LogP contribution is -2.49. The fraction of sp³-hybridized carbons (Fsp3) is 1.00. The summed E-state index contributed by atoms with van der Waals surface area (Å²) in [7, 11) is 0. The van der Waals surface area contributed by atoms with Crippen molar-refractivity contribution in [2.24, 2.45) is 52.3 Å². The Balaban J connectivity index is 1.48. The Hall–Kier alpha value is -0.0400. The van der Waals surface area contributed by atoms with Gasteiger partial charge in [0.2, 0.25) is 0 Å². The van der Waals surface area contributed by atoms with Crippen molar-refractivity contribution in [1.29, 1.82) is 0 Å². The number of nitrogens with one attached hydrogen (secondary N) is 1. The van der Waals surface area contributed by atoms with E-state index < -0.39 is 0 Å². The van der Waals surface area contributed by atoms with Gasteiger partial charge in [-0.3, -0.25) is 0 Å². The van der Waals surface area contributed by atoms with Gasteiger partial charge < -0.3 is 5.32 Å². The third-order valence-corrected chi connectivity index (χ3v) is 9.89. The second-order valence-electron chi connectivity index (χ2n) is 10.7. The first-order chi connectivity index (χ1) is 10.3. The maximum Gasteiger partial charge on any atom is 0.0224 e. The van der Waals surface area contributed by atoms with Crippen LogP contribution in [0.5, 0.6) is 0 Å². The van der Waals surface area contributed by atoms with Crippen LogP contribution >= 0.6 is 0 Å². The molecule has 10 atom stereocenters. The highest BCUT2D eigenvalue weighted by Crippen LogP contribution is 2.86. The van der Waals surface area contributed by atoms with E-state index in [0.717, 1.165) is 41.4 Å². The van der Waals surface area contributed by atoms with Crippen molar-refractivity contribution in [1.82, 2.24) is 5.32 Å². The summed E-state index contributed by atoms with van der Waals surface area (Å²) in [6.07, 6.45) is 7.57. The summed E-state index contributed by atoms with van der Waals surface area (Å²) in [5.74, 6) is 6.92. The maximum atomic E-state index is 3.99. The number of fused-ring (bicyclic) bond motifs is 4. The van der Waals surface area contributed by atoms with E-state index >= 15 is 0 Å². The minimum atomic E-state index is 0.567. The molecule has 4 saturated carbocycles. The molecule has 1 spiro atoms. The zero-order chi connectivity index (χ0) is 15.5. The monoisotopic (exact) mass is 301 g/mol. The van der Waals surface area contributed by atoms with Crippen LogP contribution in [0.3, 0.4) is 0 Å². The van der Waals surface area contributed by atoms with E-state index in [1.807, 2.05) is 0 Å². The zero-order valence-corrected chi connectivity index (χ0v) is 15.3. The lowest BCUT2D eigenvalue weighted by atomic mass is 9.57. The summed E-state index contributed by atoms with van der Waals surface area (Å²) in [6, 6.07) is 0. The van der Waals surface area contributed by atoms with Gasteiger partial charge in [-0.1, -0.05) is 34.6 Å². The Morgan fingerprint density at radius 3 is 2.36 bits per heavy atom. The first kappa shape index (κ1) is 14.3. The van der Waals surface area contributed by atoms with Gasteiger partial charge in [-0.25, -0.2) is 0 Å². The molecule has 22 heavy (non-hydrogen) atoms. The first-order valence-electron chi connectivity index (χ1n) is 10.1. The lowest BCUT2D eigenvalue weighted by Gasteiger charge is -2.48. The predicted molar refractivity (Wildman–Crippen MR) is 91.5 cm³/mol. The first-order valence-corrected chi connectivity index (χ1v) is 10.1. The van der Waals surface area contributed by atoms with E-state index in [2.05, 4.69) is 39.9 Å². The smallest absolute Gasteiger partial charge is 0.0224 e. The van der Waals surface area contributed by atoms with Crippen LogP contribution in [-0.2, 0) is 0 Å². The average molecular weight is 302 g/mol. The maximum absolute atomic E-state index is 3.99. The van der Waals surface area contributed by atoms with Crippen molar-refractivity contribution in [3.05, 3.63) is 0 Å². The minimum Gasteiger partial charge on any atom is -0.311 e. The highest BCUT2D eigenvalue weighted by Gasteiger charge is 2.84. The van der Waals surface area contributed by atoms with Crippen molar-refractivity contribution in [2.75, 3.05) is 6.54 Å². The normalized spacial score (nSPS) is 68.9. The van der Waals surface area contributed by atoms with Gasteiger partial charge in [-0.15, -0.1) is 0 Å². The van der Waals surface area contributed by atoms with Crippen LogP contribution in [0.15, 0.2) is 0 Å². The van der Waals surface area contributed by atoms with Crippen molar-refractivity contribution in [3.63, 3.8) is 0 Å². The zero-order valence-electron chi connectivity index (χ0n) is 15.3. The Labute approximate surface area is 137 Å². The van der Waals surface area contributed by atoms with Gasteiger partial charge in [-0.05, 0) is 90.9 Å². The largest absolute Gasteiger partial charge is 0.311 e. The van der Waals surface area contributed by atoms with E-state index in [1.54, 1.807) is 6.42 Å². The quantitative estimate of drug-likeness (QED) is 0.739. The van der Waals surface area contributed by atoms with Crippen LogP contribution in [-0.4, -0.2) is 12.1 Å². The molecule has 1 nitrogen and oxygen atoms in total. The molecule has 5 aliphatic rings. The van der Waals surface area contributed by atoms with E-state index in [0.29, 0.717) is 16.4 Å². The average Bonchev–Trinajstić information content (AvgIpc) is 2.77. The van der Waals surface area contributed by atoms with E-state index in [-0.39, 0.29) is 0 Å². The molecular formula is C21H35N. The molecule has 0 aromatic heterocycles. The molecule has 1 aliphatic heterocycles. The SMILES string of the molecule is CC1CNC2(C1)CC1C2C1(C)C12CC(C)C(C1)C(C)CC2C. The van der Waals surface area contributed by atoms with Crippen LogP contribution in [0.2, 0.25) is 0 Å². The molecule has 0 aromatic carbocycles. The molecule has 1 saturated heterocycles. The number of rotatable bonds is 1. The van der Waals surface area contributed by atoms with Gasteiger partial charge in [0.05, 0.1) is 0 Å². The number of hydrogen-bond donors (Lipinski definition) is 1. The molecule has 5 fully saturated rings. The molecule has 0 aromatic rings. The Morgan fingerprint density at radius 1 is 0.909 bits per heavy atom. The Morgan fingerprint density at radius 2 is 1.68 bits per heavy atom. The van der Waals surface area contributed by atoms with Crippen molar-refractivity contribution < 1.29 is 0 Å². The molecule has 0 amide bonds. The molecule has 1 heteroatoms. The topological polar surface area (TPSA) is 12.0 Å². The molecule has 5 rings (SSSR count). The number of hydrogen-bond acceptors (Lipinski definition) is 1. The minimum absolute atomic E-state index is 0.567. The fourth-order valence-corrected chi connectivity index (χ4v) is 8.99. The summed E-state index contributed by atoms with van der Waals surface area (Å²) in [5.41, 5.74) is 1.93. The summed E-state index contributed by atoms with van der Waals surface area (Å²) in [4.78, 5) is 0. The highest BCUT2D eigenvalue weighted by molar-refractivity contribution is 5.35. The van der Waals surface area contributed by atoms with Gasteiger partial charge in [0, 0.05) is 5.54 Å². The van der Waals surface area contributed by atoms with Gasteiger partial charge in [-0.2, -0.15) is 0 Å². The van der Waals surface area contributed by atoms with E-state index in [4.69, 9.17) is 0 Å². The van der Waals surface area contributed by atoms with Gasteiger partial charge in [0.15, 0.2) is 0 Å². The third kappa shape index (κ3) is 1.35. The predicted octanol–water partition coefficient (Wildman–Crippen LogP) is 4.72. The Kier molecular flexibility index (Phi) is 2.57. The molecule has 1 N–H and O–H groups in total. The second kappa shape index (κ2) is 3.95. The summed E-state index contributed by atoms with van der Waals surface area (Å²) < 4.78 is 0. The van der Waals surface area contributed by atoms with Gasteiger partial charge in [0.1, 0.15) is 0 Å². The van der Waals surface area contributed by atoms with Crippen LogP contribution in [0.4, 0.5) is 0 Å². The highest BCUT2D eigenvalue weighted by atomic mass is 15.1. The molecule has 10 unspecified atom stereocenters. The van der Waals surface area contributed by atoms with E-state index in [1.165, 1.54) is 32.2 Å².